The van der Waals surface area contributed by atoms with Gasteiger partial charge in [-0.1, -0.05) is 30.4 Å². The minimum Gasteiger partial charge on any atom is -0.268 e. The van der Waals surface area contributed by atoms with Crippen LogP contribution < -0.4 is 9.44 Å². The number of nitrogens with one attached hydrogen (secondary N) is 2. The summed E-state index contributed by atoms with van der Waals surface area (Å²) in [6.45, 7) is 0. The molecule has 1 amide bonds. The number of allylic oxidation sites excluding steroid dienone is 3. The molecule has 1 aromatic carbocycles. The Labute approximate surface area is 112 Å². The van der Waals surface area contributed by atoms with Gasteiger partial charge in [0, 0.05) is 11.3 Å². The summed E-state index contributed by atoms with van der Waals surface area (Å²) in [6, 6.07) is 8.15. The standard InChI is InChI=1S/C13H13N2O3S/c16-13(11-7-3-1-4-8-11)15-19(17,18)14-12-9-5-2-6-10-12/h1,3-10,14H,2H2,(H,15,16). The molecule has 0 saturated carbocycles. The Bertz CT molecular complexity index is 619. The monoisotopic (exact) mass is 277 g/mol. The molecule has 0 bridgehead atoms. The molecule has 1 aliphatic rings. The highest BCUT2D eigenvalue weighted by molar-refractivity contribution is 7.88. The molecule has 0 unspecified atom stereocenters. The van der Waals surface area contributed by atoms with Gasteiger partial charge in [-0.25, -0.2) is 4.72 Å². The predicted octanol–water partition coefficient (Wildman–Crippen LogP) is 1.30. The maximum Gasteiger partial charge on any atom is 0.323 e. The fourth-order valence-corrected chi connectivity index (χ4v) is 2.40. The van der Waals surface area contributed by atoms with E-state index in [1.165, 1.54) is 0 Å². The minimum absolute atomic E-state index is 0.285. The molecule has 6 heteroatoms. The topological polar surface area (TPSA) is 75.3 Å². The Morgan fingerprint density at radius 1 is 1.16 bits per heavy atom. The van der Waals surface area contributed by atoms with Crippen molar-refractivity contribution in [2.24, 2.45) is 0 Å². The molecule has 1 aromatic rings. The third-order valence-electron chi connectivity index (χ3n) is 2.38. The highest BCUT2D eigenvalue weighted by atomic mass is 32.2. The summed E-state index contributed by atoms with van der Waals surface area (Å²) in [5.41, 5.74) is 0.701. The molecule has 0 aliphatic heterocycles. The maximum atomic E-state index is 11.8. The van der Waals surface area contributed by atoms with Crippen molar-refractivity contribution in [3.8, 4) is 0 Å². The Morgan fingerprint density at radius 3 is 2.53 bits per heavy atom. The fraction of sp³-hybridized carbons (Fsp3) is 0.0769. The average molecular weight is 277 g/mol. The zero-order chi connectivity index (χ0) is 13.7. The molecular formula is C13H13N2O3S. The van der Waals surface area contributed by atoms with Gasteiger partial charge in [0.2, 0.25) is 0 Å². The highest BCUT2D eigenvalue weighted by Gasteiger charge is 2.16. The summed E-state index contributed by atoms with van der Waals surface area (Å²) in [6.07, 6.45) is 7.69. The molecule has 2 rings (SSSR count). The molecule has 0 aromatic heterocycles. The van der Waals surface area contributed by atoms with Crippen LogP contribution in [0.25, 0.3) is 0 Å². The van der Waals surface area contributed by atoms with Gasteiger partial charge in [-0.05, 0) is 31.1 Å². The number of benzene rings is 1. The van der Waals surface area contributed by atoms with Crippen LogP contribution >= 0.6 is 0 Å². The Balaban J connectivity index is 2.03. The van der Waals surface area contributed by atoms with Gasteiger partial charge in [-0.2, -0.15) is 8.42 Å². The van der Waals surface area contributed by atoms with Crippen LogP contribution in [0.1, 0.15) is 16.8 Å². The molecule has 19 heavy (non-hydrogen) atoms. The fourth-order valence-electron chi connectivity index (χ4n) is 1.54. The van der Waals surface area contributed by atoms with Crippen molar-refractivity contribution < 1.29 is 13.2 Å². The predicted molar refractivity (Wildman–Crippen MR) is 72.1 cm³/mol. The molecule has 5 nitrogen and oxygen atoms in total. The summed E-state index contributed by atoms with van der Waals surface area (Å²) in [7, 11) is -3.92. The SMILES string of the molecule is O=C(NS(=O)(=O)NC1=C[CH]CC=C1)c1ccccc1. The zero-order valence-corrected chi connectivity index (χ0v) is 10.9. The molecule has 0 heterocycles. The third kappa shape index (κ3) is 3.96. The number of rotatable bonds is 4. The number of hydrogen-bond acceptors (Lipinski definition) is 3. The third-order valence-corrected chi connectivity index (χ3v) is 3.34. The van der Waals surface area contributed by atoms with E-state index in [0.717, 1.165) is 6.42 Å². The van der Waals surface area contributed by atoms with Crippen LogP contribution in [0, 0.1) is 6.42 Å². The van der Waals surface area contributed by atoms with E-state index < -0.39 is 16.1 Å². The van der Waals surface area contributed by atoms with E-state index in [4.69, 9.17) is 0 Å². The van der Waals surface area contributed by atoms with Crippen LogP contribution in [0.5, 0.6) is 0 Å². The van der Waals surface area contributed by atoms with Crippen molar-refractivity contribution >= 4 is 16.1 Å². The lowest BCUT2D eigenvalue weighted by atomic mass is 10.2. The van der Waals surface area contributed by atoms with Crippen LogP contribution in [0.3, 0.4) is 0 Å². The average Bonchev–Trinajstić information content (AvgIpc) is 2.39. The van der Waals surface area contributed by atoms with Gasteiger partial charge >= 0.3 is 10.2 Å². The summed E-state index contributed by atoms with van der Waals surface area (Å²) in [5.74, 6) is -0.669. The van der Waals surface area contributed by atoms with Gasteiger partial charge in [0.05, 0.1) is 0 Å². The first-order valence-corrected chi connectivity index (χ1v) is 7.15. The van der Waals surface area contributed by atoms with Gasteiger partial charge in [0.1, 0.15) is 0 Å². The van der Waals surface area contributed by atoms with Gasteiger partial charge in [0.15, 0.2) is 0 Å². The van der Waals surface area contributed by atoms with E-state index in [-0.39, 0.29) is 5.56 Å². The first kappa shape index (κ1) is 13.4. The van der Waals surface area contributed by atoms with Gasteiger partial charge in [-0.15, -0.1) is 0 Å². The molecule has 1 aliphatic carbocycles. The lowest BCUT2D eigenvalue weighted by Crippen LogP contribution is -2.39. The van der Waals surface area contributed by atoms with E-state index in [1.54, 1.807) is 42.5 Å². The Kier molecular flexibility index (Phi) is 4.01. The summed E-state index contributed by atoms with van der Waals surface area (Å²) in [5, 5.41) is 0. The van der Waals surface area contributed by atoms with Crippen molar-refractivity contribution in [3.05, 3.63) is 66.2 Å². The Morgan fingerprint density at radius 2 is 1.89 bits per heavy atom. The van der Waals surface area contributed by atoms with Crippen LogP contribution in [-0.2, 0) is 10.2 Å². The molecule has 99 valence electrons. The number of carbonyl (C=O) groups is 1. The van der Waals surface area contributed by atoms with Crippen LogP contribution in [0.15, 0.2) is 54.3 Å². The highest BCUT2D eigenvalue weighted by Crippen LogP contribution is 2.07. The summed E-state index contributed by atoms with van der Waals surface area (Å²) in [4.78, 5) is 11.7. The van der Waals surface area contributed by atoms with Gasteiger partial charge < -0.3 is 0 Å². The number of carbonyl (C=O) groups excluding carboxylic acids is 1. The molecule has 2 N–H and O–H groups in total. The number of amides is 1. The van der Waals surface area contributed by atoms with Crippen LogP contribution in [0.2, 0.25) is 0 Å². The minimum atomic E-state index is -3.92. The van der Waals surface area contributed by atoms with Crippen molar-refractivity contribution in [1.29, 1.82) is 0 Å². The summed E-state index contributed by atoms with van der Waals surface area (Å²) >= 11 is 0. The molecular weight excluding hydrogens is 264 g/mol. The van der Waals surface area contributed by atoms with E-state index in [9.17, 15) is 13.2 Å². The molecule has 0 fully saturated rings. The normalized spacial score (nSPS) is 14.6. The van der Waals surface area contributed by atoms with Crippen molar-refractivity contribution in [2.75, 3.05) is 0 Å². The van der Waals surface area contributed by atoms with E-state index >= 15 is 0 Å². The molecule has 1 radical (unpaired) electrons. The summed E-state index contributed by atoms with van der Waals surface area (Å²) < 4.78 is 27.7. The molecule has 0 atom stereocenters. The quantitative estimate of drug-likeness (QED) is 0.871. The second-order valence-corrected chi connectivity index (χ2v) is 5.31. The van der Waals surface area contributed by atoms with E-state index in [0.29, 0.717) is 5.70 Å². The molecule has 0 saturated heterocycles. The second kappa shape index (κ2) is 5.71. The first-order valence-electron chi connectivity index (χ1n) is 5.67. The van der Waals surface area contributed by atoms with Crippen molar-refractivity contribution in [1.82, 2.24) is 9.44 Å². The Hall–Kier alpha value is -2.08. The van der Waals surface area contributed by atoms with Gasteiger partial charge in [0.25, 0.3) is 5.91 Å². The molecule has 0 spiro atoms. The van der Waals surface area contributed by atoms with Crippen molar-refractivity contribution in [3.63, 3.8) is 0 Å². The van der Waals surface area contributed by atoms with Crippen LogP contribution in [0.4, 0.5) is 0 Å². The number of hydrogen-bond donors (Lipinski definition) is 2. The first-order chi connectivity index (χ1) is 9.07. The maximum absolute atomic E-state index is 11.8. The lowest BCUT2D eigenvalue weighted by Gasteiger charge is -2.11. The van der Waals surface area contributed by atoms with E-state index in [1.807, 2.05) is 17.2 Å². The van der Waals surface area contributed by atoms with Gasteiger partial charge in [-0.3, -0.25) is 9.52 Å². The smallest absolute Gasteiger partial charge is 0.268 e. The largest absolute Gasteiger partial charge is 0.323 e. The zero-order valence-electron chi connectivity index (χ0n) is 10.0. The van der Waals surface area contributed by atoms with Crippen LogP contribution in [-0.4, -0.2) is 14.3 Å². The lowest BCUT2D eigenvalue weighted by molar-refractivity contribution is 0.0981. The van der Waals surface area contributed by atoms with Crippen molar-refractivity contribution in [2.45, 2.75) is 6.42 Å². The second-order valence-electron chi connectivity index (χ2n) is 3.90. The van der Waals surface area contributed by atoms with E-state index in [2.05, 4.69) is 4.72 Å².